The Morgan fingerprint density at radius 2 is 0.868 bits per heavy atom. The van der Waals surface area contributed by atoms with E-state index in [4.69, 9.17) is 15.0 Å². The molecule has 5 nitrogen and oxygen atoms in total. The molecule has 0 bridgehead atoms. The lowest BCUT2D eigenvalue weighted by atomic mass is 9.62. The molecule has 3 heterocycles. The fourth-order valence-corrected chi connectivity index (χ4v) is 9.17. The highest BCUT2D eigenvalue weighted by atomic mass is 32.2. The van der Waals surface area contributed by atoms with E-state index in [1.165, 1.54) is 32.0 Å². The molecule has 2 aliphatic heterocycles. The number of rotatable bonds is 4. The molecule has 1 spiro atoms. The zero-order chi connectivity index (χ0) is 35.4. The Morgan fingerprint density at radius 3 is 1.38 bits per heavy atom. The molecule has 8 aromatic rings. The van der Waals surface area contributed by atoms with Crippen LogP contribution in [0.15, 0.2) is 186 Å². The third kappa shape index (κ3) is 4.82. The monoisotopic (exact) mass is 695 g/mol. The highest BCUT2D eigenvalue weighted by Crippen LogP contribution is 2.62. The molecule has 0 N–H and O–H groups in total. The number of fused-ring (bicyclic) bond motifs is 8. The van der Waals surface area contributed by atoms with Crippen molar-refractivity contribution in [1.29, 1.82) is 5.26 Å². The van der Waals surface area contributed by atoms with Crippen molar-refractivity contribution in [2.45, 2.75) is 15.2 Å². The smallest absolute Gasteiger partial charge is 0.164 e. The van der Waals surface area contributed by atoms with E-state index < -0.39 is 5.41 Å². The second-order valence-corrected chi connectivity index (χ2v) is 14.2. The predicted octanol–water partition coefficient (Wildman–Crippen LogP) is 11.4. The van der Waals surface area contributed by atoms with Crippen molar-refractivity contribution in [3.05, 3.63) is 204 Å². The lowest BCUT2D eigenvalue weighted by Crippen LogP contribution is -2.39. The van der Waals surface area contributed by atoms with Crippen LogP contribution in [0.5, 0.6) is 0 Å². The van der Waals surface area contributed by atoms with Crippen LogP contribution in [-0.4, -0.2) is 15.0 Å². The first-order valence-electron chi connectivity index (χ1n) is 17.5. The first-order valence-corrected chi connectivity index (χ1v) is 18.3. The first kappa shape index (κ1) is 31.0. The Morgan fingerprint density at radius 1 is 0.434 bits per heavy atom. The van der Waals surface area contributed by atoms with Gasteiger partial charge in [-0.1, -0.05) is 145 Å². The Hall–Kier alpha value is -6.81. The van der Waals surface area contributed by atoms with Crippen LogP contribution in [-0.2, 0) is 5.41 Å². The summed E-state index contributed by atoms with van der Waals surface area (Å²) in [5.74, 6) is 1.66. The van der Waals surface area contributed by atoms with Gasteiger partial charge in [-0.2, -0.15) is 5.26 Å². The summed E-state index contributed by atoms with van der Waals surface area (Å²) in [5.41, 5.74) is 10.2. The molecule has 0 unspecified atom stereocenters. The summed E-state index contributed by atoms with van der Waals surface area (Å²) < 4.78 is 0. The number of aromatic nitrogens is 3. The molecule has 0 saturated carbocycles. The predicted molar refractivity (Wildman–Crippen MR) is 212 cm³/mol. The van der Waals surface area contributed by atoms with Gasteiger partial charge < -0.3 is 4.90 Å². The second kappa shape index (κ2) is 12.4. The van der Waals surface area contributed by atoms with Gasteiger partial charge in [0.2, 0.25) is 0 Å². The van der Waals surface area contributed by atoms with Gasteiger partial charge in [0.1, 0.15) is 6.07 Å². The van der Waals surface area contributed by atoms with Crippen LogP contribution in [0.1, 0.15) is 27.8 Å². The largest absolute Gasteiger partial charge is 0.308 e. The summed E-state index contributed by atoms with van der Waals surface area (Å²) in [6.45, 7) is 0. The van der Waals surface area contributed by atoms with Crippen molar-refractivity contribution in [2.75, 3.05) is 4.90 Å². The number of benzene rings is 7. The number of hydrogen-bond donors (Lipinski definition) is 0. The van der Waals surface area contributed by atoms with Gasteiger partial charge in [0.05, 0.1) is 28.0 Å². The van der Waals surface area contributed by atoms with Crippen LogP contribution in [0.25, 0.3) is 34.2 Å². The number of nitrogens with zero attached hydrogens (tertiary/aromatic N) is 5. The van der Waals surface area contributed by atoms with Crippen LogP contribution in [0.3, 0.4) is 0 Å². The molecule has 1 aromatic heterocycles. The van der Waals surface area contributed by atoms with E-state index in [9.17, 15) is 5.26 Å². The van der Waals surface area contributed by atoms with Gasteiger partial charge in [0.15, 0.2) is 17.5 Å². The Kier molecular flexibility index (Phi) is 7.27. The SMILES string of the molecule is N#Cc1cc(-c2nc(-c3ccccc3)nc(-c3ccccc3)n2)ccc1N1c2ccccc2C2(c3ccccc3Sc3ccccc32)c2ccccc21. The first-order chi connectivity index (χ1) is 26.2. The zero-order valence-corrected chi connectivity index (χ0v) is 29.2. The van der Waals surface area contributed by atoms with Gasteiger partial charge in [-0.25, -0.2) is 15.0 Å². The minimum Gasteiger partial charge on any atom is -0.308 e. The highest BCUT2D eigenvalue weighted by molar-refractivity contribution is 7.99. The lowest BCUT2D eigenvalue weighted by Gasteiger charge is -2.49. The van der Waals surface area contributed by atoms with E-state index in [1.807, 2.05) is 90.6 Å². The molecule has 0 amide bonds. The Labute approximate surface area is 311 Å². The summed E-state index contributed by atoms with van der Waals surface area (Å²) >= 11 is 1.83. The van der Waals surface area contributed by atoms with Crippen molar-refractivity contribution >= 4 is 28.8 Å². The molecular weight excluding hydrogens is 667 g/mol. The van der Waals surface area contributed by atoms with Crippen LogP contribution < -0.4 is 4.90 Å². The van der Waals surface area contributed by atoms with Crippen LogP contribution in [0.2, 0.25) is 0 Å². The minimum atomic E-state index is -0.554. The normalized spacial score (nSPS) is 13.3. The zero-order valence-electron chi connectivity index (χ0n) is 28.4. The average molecular weight is 696 g/mol. The molecule has 0 atom stereocenters. The van der Waals surface area contributed by atoms with Crippen molar-refractivity contribution in [1.82, 2.24) is 15.0 Å². The summed E-state index contributed by atoms with van der Waals surface area (Å²) in [6.07, 6.45) is 0. The molecule has 7 aromatic carbocycles. The third-order valence-corrected chi connectivity index (χ3v) is 11.4. The molecule has 0 fully saturated rings. The molecule has 10 rings (SSSR count). The lowest BCUT2D eigenvalue weighted by molar-refractivity contribution is 0.692. The summed E-state index contributed by atoms with van der Waals surface area (Å²) in [4.78, 5) is 19.5. The molecule has 53 heavy (non-hydrogen) atoms. The molecule has 0 radical (unpaired) electrons. The molecule has 2 aliphatic rings. The maximum absolute atomic E-state index is 10.9. The standard InChI is InChI=1S/C47H29N5S/c48-30-34-29-33(46-50-44(31-15-3-1-4-16-31)49-45(51-46)32-17-5-2-6-18-32)27-28-39(34)52-40-23-11-7-19-35(40)47(36-20-8-12-24-41(36)52)37-21-9-13-25-42(37)53-43-26-14-10-22-38(43)47/h1-29H. The molecule has 6 heteroatoms. The Balaban J connectivity index is 1.18. The summed E-state index contributed by atoms with van der Waals surface area (Å²) in [6, 6.07) is 63.2. The number of anilines is 3. The van der Waals surface area contributed by atoms with Gasteiger partial charge in [0, 0.05) is 26.5 Å². The van der Waals surface area contributed by atoms with Gasteiger partial charge >= 0.3 is 0 Å². The summed E-state index contributed by atoms with van der Waals surface area (Å²) in [7, 11) is 0. The molecule has 248 valence electrons. The van der Waals surface area contributed by atoms with Gasteiger partial charge in [-0.05, 0) is 64.7 Å². The number of para-hydroxylation sites is 2. The van der Waals surface area contributed by atoms with E-state index >= 15 is 0 Å². The van der Waals surface area contributed by atoms with Gasteiger partial charge in [0.25, 0.3) is 0 Å². The van der Waals surface area contributed by atoms with E-state index in [0.717, 1.165) is 33.8 Å². The Bertz CT molecular complexity index is 2590. The topological polar surface area (TPSA) is 65.7 Å². The fraction of sp³-hybridized carbons (Fsp3) is 0.0213. The van der Waals surface area contributed by atoms with Crippen molar-refractivity contribution in [3.63, 3.8) is 0 Å². The number of hydrogen-bond acceptors (Lipinski definition) is 6. The van der Waals surface area contributed by atoms with Crippen molar-refractivity contribution in [2.24, 2.45) is 0 Å². The maximum Gasteiger partial charge on any atom is 0.164 e. The average Bonchev–Trinajstić information content (AvgIpc) is 3.24. The van der Waals surface area contributed by atoms with Gasteiger partial charge in [-0.15, -0.1) is 0 Å². The van der Waals surface area contributed by atoms with Crippen molar-refractivity contribution < 1.29 is 0 Å². The molecule has 0 aliphatic carbocycles. The van der Waals surface area contributed by atoms with E-state index in [0.29, 0.717) is 23.0 Å². The third-order valence-electron chi connectivity index (χ3n) is 10.2. The van der Waals surface area contributed by atoms with Crippen LogP contribution in [0.4, 0.5) is 17.1 Å². The maximum atomic E-state index is 10.9. The molecule has 0 saturated heterocycles. The quantitative estimate of drug-likeness (QED) is 0.183. The van der Waals surface area contributed by atoms with Crippen LogP contribution in [0, 0.1) is 11.3 Å². The van der Waals surface area contributed by atoms with Crippen LogP contribution >= 0.6 is 11.8 Å². The molecular formula is C47H29N5S. The second-order valence-electron chi connectivity index (χ2n) is 13.1. The van der Waals surface area contributed by atoms with E-state index in [1.54, 1.807) is 0 Å². The highest BCUT2D eigenvalue weighted by Gasteiger charge is 2.50. The van der Waals surface area contributed by atoms with Gasteiger partial charge in [-0.3, -0.25) is 0 Å². The fourth-order valence-electron chi connectivity index (χ4n) is 7.98. The van der Waals surface area contributed by atoms with E-state index in [2.05, 4.69) is 108 Å². The summed E-state index contributed by atoms with van der Waals surface area (Å²) in [5, 5.41) is 10.9. The van der Waals surface area contributed by atoms with Crippen molar-refractivity contribution in [3.8, 4) is 40.2 Å². The minimum absolute atomic E-state index is 0.507. The van der Waals surface area contributed by atoms with E-state index in [-0.39, 0.29) is 0 Å². The number of nitriles is 1.